The van der Waals surface area contributed by atoms with E-state index in [-0.39, 0.29) is 60.5 Å². The van der Waals surface area contributed by atoms with Crippen molar-refractivity contribution < 1.29 is 14.0 Å². The molecule has 3 aromatic heterocycles. The molecule has 2 amide bonds. The van der Waals surface area contributed by atoms with E-state index in [1.807, 2.05) is 7.05 Å². The molecule has 1 saturated carbocycles. The average Bonchev–Trinajstić information content (AvgIpc) is 3.14. The fourth-order valence-corrected chi connectivity index (χ4v) is 3.81. The summed E-state index contributed by atoms with van der Waals surface area (Å²) in [7, 11) is 1.94. The van der Waals surface area contributed by atoms with Gasteiger partial charge in [0, 0.05) is 24.4 Å². The number of rotatable bonds is 5. The quantitative estimate of drug-likeness (QED) is 0.418. The van der Waals surface area contributed by atoms with Gasteiger partial charge < -0.3 is 20.4 Å². The van der Waals surface area contributed by atoms with Crippen molar-refractivity contribution in [3.63, 3.8) is 0 Å². The summed E-state index contributed by atoms with van der Waals surface area (Å²) in [4.78, 5) is 34.1. The second kappa shape index (κ2) is 13.0. The van der Waals surface area contributed by atoms with Crippen LogP contribution in [0, 0.1) is 5.92 Å². The maximum atomic E-state index is 12.9. The van der Waals surface area contributed by atoms with Crippen molar-refractivity contribution in [2.45, 2.75) is 31.7 Å². The SMILES string of the molecule is CN[C@H]1CC[C@H](C(=O)Nc2c(C(=O)Nc3ccc(Cl)cn3)oc3cccnc23)CC1.Cl.Cl.Cl. The van der Waals surface area contributed by atoms with E-state index >= 15 is 0 Å². The zero-order valence-electron chi connectivity index (χ0n) is 17.7. The van der Waals surface area contributed by atoms with Crippen LogP contribution in [0.5, 0.6) is 0 Å². The molecule has 180 valence electrons. The number of fused-ring (bicyclic) bond motifs is 1. The molecular formula is C21H25Cl4N5O3. The smallest absolute Gasteiger partial charge is 0.294 e. The molecule has 3 aromatic rings. The van der Waals surface area contributed by atoms with Gasteiger partial charge in [-0.25, -0.2) is 4.98 Å². The van der Waals surface area contributed by atoms with E-state index in [0.29, 0.717) is 28.0 Å². The van der Waals surface area contributed by atoms with Gasteiger partial charge in [-0.05, 0) is 57.0 Å². The van der Waals surface area contributed by atoms with E-state index in [1.54, 1.807) is 30.5 Å². The zero-order valence-corrected chi connectivity index (χ0v) is 20.9. The average molecular weight is 537 g/mol. The first-order valence-electron chi connectivity index (χ1n) is 9.83. The first kappa shape index (κ1) is 28.9. The molecule has 0 atom stereocenters. The summed E-state index contributed by atoms with van der Waals surface area (Å²) in [5.74, 6) is -0.469. The molecule has 4 rings (SSSR count). The van der Waals surface area contributed by atoms with Crippen molar-refractivity contribution in [3.05, 3.63) is 47.4 Å². The molecule has 0 bridgehead atoms. The lowest BCUT2D eigenvalue weighted by molar-refractivity contribution is -0.120. The molecular weight excluding hydrogens is 512 g/mol. The number of halogens is 4. The van der Waals surface area contributed by atoms with Crippen molar-refractivity contribution in [3.8, 4) is 0 Å². The predicted octanol–water partition coefficient (Wildman–Crippen LogP) is 5.11. The lowest BCUT2D eigenvalue weighted by Gasteiger charge is -2.27. The number of carbonyl (C=O) groups excluding carboxylic acids is 2. The minimum Gasteiger partial charge on any atom is -0.447 e. The van der Waals surface area contributed by atoms with Gasteiger partial charge in [0.15, 0.2) is 5.58 Å². The maximum Gasteiger partial charge on any atom is 0.294 e. The first-order chi connectivity index (χ1) is 14.5. The number of nitrogens with zero attached hydrogens (tertiary/aromatic N) is 2. The van der Waals surface area contributed by atoms with Gasteiger partial charge in [0.1, 0.15) is 17.0 Å². The lowest BCUT2D eigenvalue weighted by atomic mass is 9.85. The second-order valence-corrected chi connectivity index (χ2v) is 7.74. The Morgan fingerprint density at radius 2 is 1.76 bits per heavy atom. The summed E-state index contributed by atoms with van der Waals surface area (Å²) in [5, 5.41) is 9.28. The number of furan rings is 1. The number of pyridine rings is 2. The number of hydrogen-bond donors (Lipinski definition) is 3. The minimum atomic E-state index is -0.531. The van der Waals surface area contributed by atoms with Crippen molar-refractivity contribution in [1.82, 2.24) is 15.3 Å². The Balaban J connectivity index is 0.00000181. The third-order valence-corrected chi connectivity index (χ3v) is 5.60. The van der Waals surface area contributed by atoms with Gasteiger partial charge in [-0.15, -0.1) is 37.2 Å². The molecule has 3 heterocycles. The predicted molar refractivity (Wildman–Crippen MR) is 136 cm³/mol. The van der Waals surface area contributed by atoms with Crippen LogP contribution in [-0.2, 0) is 4.79 Å². The number of amides is 2. The Hall–Kier alpha value is -2.10. The Bertz CT molecular complexity index is 1070. The molecule has 1 aliphatic rings. The molecule has 12 heteroatoms. The van der Waals surface area contributed by atoms with Crippen LogP contribution < -0.4 is 16.0 Å². The third kappa shape index (κ3) is 6.71. The van der Waals surface area contributed by atoms with Gasteiger partial charge in [-0.3, -0.25) is 14.6 Å². The number of hydrogen-bond acceptors (Lipinski definition) is 6. The second-order valence-electron chi connectivity index (χ2n) is 7.30. The van der Waals surface area contributed by atoms with E-state index in [1.165, 1.54) is 6.20 Å². The van der Waals surface area contributed by atoms with Crippen molar-refractivity contribution in [2.24, 2.45) is 5.92 Å². The first-order valence-corrected chi connectivity index (χ1v) is 10.2. The number of nitrogens with one attached hydrogen (secondary N) is 3. The molecule has 0 spiro atoms. The highest BCUT2D eigenvalue weighted by Gasteiger charge is 2.29. The van der Waals surface area contributed by atoms with Gasteiger partial charge in [-0.1, -0.05) is 11.6 Å². The van der Waals surface area contributed by atoms with Crippen LogP contribution in [0.1, 0.15) is 36.2 Å². The van der Waals surface area contributed by atoms with Crippen LogP contribution in [0.25, 0.3) is 11.1 Å². The molecule has 0 radical (unpaired) electrons. The van der Waals surface area contributed by atoms with Crippen LogP contribution >= 0.6 is 48.8 Å². The Morgan fingerprint density at radius 3 is 2.39 bits per heavy atom. The van der Waals surface area contributed by atoms with E-state index in [0.717, 1.165) is 25.7 Å². The molecule has 0 saturated heterocycles. The molecule has 33 heavy (non-hydrogen) atoms. The number of carbonyl (C=O) groups is 2. The van der Waals surface area contributed by atoms with Gasteiger partial charge in [0.2, 0.25) is 11.7 Å². The fourth-order valence-electron chi connectivity index (χ4n) is 3.70. The van der Waals surface area contributed by atoms with E-state index in [2.05, 4.69) is 25.9 Å². The molecule has 0 unspecified atom stereocenters. The normalized spacial score (nSPS) is 17.2. The summed E-state index contributed by atoms with van der Waals surface area (Å²) >= 11 is 5.84. The minimum absolute atomic E-state index is 0. The Morgan fingerprint density at radius 1 is 1.03 bits per heavy atom. The fraction of sp³-hybridized carbons (Fsp3) is 0.333. The monoisotopic (exact) mass is 535 g/mol. The van der Waals surface area contributed by atoms with Gasteiger partial charge in [0.25, 0.3) is 5.91 Å². The van der Waals surface area contributed by atoms with Crippen molar-refractivity contribution >= 4 is 83.2 Å². The van der Waals surface area contributed by atoms with Crippen LogP contribution in [0.15, 0.2) is 41.1 Å². The number of aromatic nitrogens is 2. The summed E-state index contributed by atoms with van der Waals surface area (Å²) in [6, 6.07) is 7.05. The summed E-state index contributed by atoms with van der Waals surface area (Å²) in [6.45, 7) is 0. The standard InChI is InChI=1S/C21H22ClN5O3.3ClH/c1-23-14-7-4-12(5-8-14)20(28)27-18-17-15(3-2-10-24-17)30-19(18)21(29)26-16-9-6-13(22)11-25-16;;;/h2-3,6,9-12,14,23H,4-5,7-8H2,1H3,(H,27,28)(H,25,26,29);3*1H/t12-,14-;;;. The van der Waals surface area contributed by atoms with Crippen molar-refractivity contribution in [2.75, 3.05) is 17.7 Å². The highest BCUT2D eigenvalue weighted by atomic mass is 35.5. The molecule has 1 aliphatic carbocycles. The topological polar surface area (TPSA) is 109 Å². The highest BCUT2D eigenvalue weighted by molar-refractivity contribution is 6.30. The molecule has 8 nitrogen and oxygen atoms in total. The lowest BCUT2D eigenvalue weighted by Crippen LogP contribution is -2.34. The van der Waals surface area contributed by atoms with Crippen LogP contribution in [-0.4, -0.2) is 34.9 Å². The molecule has 0 aliphatic heterocycles. The summed E-state index contributed by atoms with van der Waals surface area (Å²) in [5.41, 5.74) is 1.13. The maximum absolute atomic E-state index is 12.9. The Labute approximate surface area is 214 Å². The molecule has 3 N–H and O–H groups in total. The molecule has 0 aromatic carbocycles. The van der Waals surface area contributed by atoms with Gasteiger partial charge in [0.05, 0.1) is 5.02 Å². The Kier molecular flexibility index (Phi) is 11.4. The van der Waals surface area contributed by atoms with Crippen LogP contribution in [0.3, 0.4) is 0 Å². The van der Waals surface area contributed by atoms with Crippen LogP contribution in [0.4, 0.5) is 11.5 Å². The molecule has 1 fully saturated rings. The van der Waals surface area contributed by atoms with Gasteiger partial charge in [-0.2, -0.15) is 0 Å². The van der Waals surface area contributed by atoms with Crippen LogP contribution in [0.2, 0.25) is 5.02 Å². The van der Waals surface area contributed by atoms with E-state index in [9.17, 15) is 9.59 Å². The zero-order chi connectivity index (χ0) is 21.1. The third-order valence-electron chi connectivity index (χ3n) is 5.38. The van der Waals surface area contributed by atoms with Gasteiger partial charge >= 0.3 is 0 Å². The largest absolute Gasteiger partial charge is 0.447 e. The highest BCUT2D eigenvalue weighted by Crippen LogP contribution is 2.32. The van der Waals surface area contributed by atoms with Crippen molar-refractivity contribution in [1.29, 1.82) is 0 Å². The number of anilines is 2. The van der Waals surface area contributed by atoms with E-state index < -0.39 is 5.91 Å². The van der Waals surface area contributed by atoms with E-state index in [4.69, 9.17) is 16.0 Å². The summed E-state index contributed by atoms with van der Waals surface area (Å²) in [6.07, 6.45) is 6.48. The summed E-state index contributed by atoms with van der Waals surface area (Å²) < 4.78 is 5.73.